The number of aromatic amines is 1. The second-order valence-electron chi connectivity index (χ2n) is 4.12. The summed E-state index contributed by atoms with van der Waals surface area (Å²) in [7, 11) is 1.66. The van der Waals surface area contributed by atoms with E-state index in [2.05, 4.69) is 11.9 Å². The quantitative estimate of drug-likeness (QED) is 0.630. The maximum Gasteiger partial charge on any atom is 0.143 e. The van der Waals surface area contributed by atoms with Gasteiger partial charge in [0, 0.05) is 23.9 Å². The van der Waals surface area contributed by atoms with Crippen LogP contribution in [0.5, 0.6) is 5.75 Å². The smallest absolute Gasteiger partial charge is 0.143 e. The van der Waals surface area contributed by atoms with Crippen LogP contribution in [0, 0.1) is 13.8 Å². The lowest BCUT2D eigenvalue weighted by molar-refractivity contribution is 0.147. The number of aromatic nitrogens is 1. The highest BCUT2D eigenvalue weighted by molar-refractivity contribution is 5.98. The Morgan fingerprint density at radius 1 is 1.24 bits per heavy atom. The highest BCUT2D eigenvalue weighted by Gasteiger charge is 2.11. The van der Waals surface area contributed by atoms with Gasteiger partial charge in [0.25, 0.3) is 0 Å². The summed E-state index contributed by atoms with van der Waals surface area (Å²) in [5.41, 5.74) is 10.0. The van der Waals surface area contributed by atoms with Gasteiger partial charge in [0.15, 0.2) is 0 Å². The number of nitrogens with two attached hydrogens (primary N) is 1. The number of H-pyrrole nitrogens is 1. The van der Waals surface area contributed by atoms with Crippen molar-refractivity contribution < 1.29 is 9.47 Å². The zero-order valence-corrected chi connectivity index (χ0v) is 10.5. The Kier molecular flexibility index (Phi) is 3.24. The largest absolute Gasteiger partial charge is 0.489 e. The van der Waals surface area contributed by atoms with Gasteiger partial charge in [-0.2, -0.15) is 0 Å². The van der Waals surface area contributed by atoms with Gasteiger partial charge in [0.1, 0.15) is 12.4 Å². The molecular weight excluding hydrogens is 216 g/mol. The molecule has 2 aromatic rings. The first kappa shape index (κ1) is 11.8. The molecular formula is C13H18N2O2. The van der Waals surface area contributed by atoms with Gasteiger partial charge >= 0.3 is 0 Å². The van der Waals surface area contributed by atoms with Crippen LogP contribution in [-0.4, -0.2) is 25.3 Å². The van der Waals surface area contributed by atoms with Gasteiger partial charge in [-0.25, -0.2) is 0 Å². The third kappa shape index (κ3) is 2.08. The Labute approximate surface area is 101 Å². The number of fused-ring (bicyclic) bond motifs is 1. The van der Waals surface area contributed by atoms with E-state index < -0.39 is 0 Å². The number of anilines is 1. The van der Waals surface area contributed by atoms with Crippen molar-refractivity contribution in [3.8, 4) is 5.75 Å². The fourth-order valence-corrected chi connectivity index (χ4v) is 1.95. The standard InChI is InChI=1S/C13H18N2O2/c1-8-9(2)15-13-11(17-7-6-16-3)5-4-10(14)12(8)13/h4-5,15H,6-7,14H2,1-3H3. The monoisotopic (exact) mass is 234 g/mol. The second kappa shape index (κ2) is 4.67. The summed E-state index contributed by atoms with van der Waals surface area (Å²) in [6, 6.07) is 3.77. The first-order valence-electron chi connectivity index (χ1n) is 5.64. The fraction of sp³-hybridized carbons (Fsp3) is 0.385. The molecule has 0 unspecified atom stereocenters. The van der Waals surface area contributed by atoms with E-state index in [1.54, 1.807) is 7.11 Å². The van der Waals surface area contributed by atoms with Crippen LogP contribution in [0.4, 0.5) is 5.69 Å². The van der Waals surface area contributed by atoms with Crippen LogP contribution < -0.4 is 10.5 Å². The van der Waals surface area contributed by atoms with Crippen LogP contribution in [0.3, 0.4) is 0 Å². The molecule has 0 aliphatic carbocycles. The molecule has 92 valence electrons. The van der Waals surface area contributed by atoms with Gasteiger partial charge in [-0.1, -0.05) is 0 Å². The zero-order chi connectivity index (χ0) is 12.4. The maximum absolute atomic E-state index is 5.99. The molecule has 0 saturated carbocycles. The number of ether oxygens (including phenoxy) is 2. The lowest BCUT2D eigenvalue weighted by Gasteiger charge is -2.08. The van der Waals surface area contributed by atoms with Gasteiger partial charge in [-0.05, 0) is 31.5 Å². The molecule has 0 aliphatic heterocycles. The topological polar surface area (TPSA) is 60.3 Å². The summed E-state index contributed by atoms with van der Waals surface area (Å²) in [6.07, 6.45) is 0. The SMILES string of the molecule is COCCOc1ccc(N)c2c(C)c(C)[nH]c12. The lowest BCUT2D eigenvalue weighted by Crippen LogP contribution is -2.04. The summed E-state index contributed by atoms with van der Waals surface area (Å²) in [6.45, 7) is 5.20. The molecule has 0 fully saturated rings. The number of methoxy groups -OCH3 is 1. The highest BCUT2D eigenvalue weighted by Crippen LogP contribution is 2.33. The summed E-state index contributed by atoms with van der Waals surface area (Å²) in [5.74, 6) is 0.822. The first-order chi connectivity index (χ1) is 8.15. The number of aryl methyl sites for hydroxylation is 2. The number of benzene rings is 1. The van der Waals surface area contributed by atoms with E-state index in [1.165, 1.54) is 5.56 Å². The van der Waals surface area contributed by atoms with Crippen molar-refractivity contribution in [2.75, 3.05) is 26.1 Å². The second-order valence-corrected chi connectivity index (χ2v) is 4.12. The molecule has 3 N–H and O–H groups in total. The van der Waals surface area contributed by atoms with Crippen molar-refractivity contribution in [3.63, 3.8) is 0 Å². The average molecular weight is 234 g/mol. The molecule has 2 rings (SSSR count). The summed E-state index contributed by atoms with van der Waals surface area (Å²) >= 11 is 0. The van der Waals surface area contributed by atoms with Gasteiger partial charge in [0.05, 0.1) is 12.1 Å². The Bertz CT molecular complexity index is 532. The Morgan fingerprint density at radius 3 is 2.71 bits per heavy atom. The molecule has 17 heavy (non-hydrogen) atoms. The molecule has 0 bridgehead atoms. The normalized spacial score (nSPS) is 11.0. The van der Waals surface area contributed by atoms with Crippen molar-refractivity contribution in [1.82, 2.24) is 4.98 Å². The molecule has 1 aromatic carbocycles. The molecule has 1 heterocycles. The Hall–Kier alpha value is -1.68. The van der Waals surface area contributed by atoms with Crippen LogP contribution >= 0.6 is 0 Å². The molecule has 4 heteroatoms. The summed E-state index contributed by atoms with van der Waals surface area (Å²) < 4.78 is 10.6. The van der Waals surface area contributed by atoms with Crippen LogP contribution in [-0.2, 0) is 4.74 Å². The summed E-state index contributed by atoms with van der Waals surface area (Å²) in [4.78, 5) is 3.32. The van der Waals surface area contributed by atoms with Crippen molar-refractivity contribution in [1.29, 1.82) is 0 Å². The van der Waals surface area contributed by atoms with E-state index >= 15 is 0 Å². The van der Waals surface area contributed by atoms with E-state index in [1.807, 2.05) is 19.1 Å². The average Bonchev–Trinajstić information content (AvgIpc) is 2.60. The van der Waals surface area contributed by atoms with Crippen LogP contribution in [0.25, 0.3) is 10.9 Å². The highest BCUT2D eigenvalue weighted by atomic mass is 16.5. The molecule has 0 radical (unpaired) electrons. The predicted molar refractivity (Wildman–Crippen MR) is 69.6 cm³/mol. The van der Waals surface area contributed by atoms with Crippen molar-refractivity contribution in [2.24, 2.45) is 0 Å². The van der Waals surface area contributed by atoms with Gasteiger partial charge in [0.2, 0.25) is 0 Å². The molecule has 0 aliphatic rings. The third-order valence-electron chi connectivity index (χ3n) is 2.99. The van der Waals surface area contributed by atoms with E-state index in [0.29, 0.717) is 13.2 Å². The van der Waals surface area contributed by atoms with E-state index in [0.717, 1.165) is 28.0 Å². The van der Waals surface area contributed by atoms with Crippen LogP contribution in [0.1, 0.15) is 11.3 Å². The van der Waals surface area contributed by atoms with Crippen molar-refractivity contribution in [2.45, 2.75) is 13.8 Å². The minimum absolute atomic E-state index is 0.534. The van der Waals surface area contributed by atoms with Crippen molar-refractivity contribution in [3.05, 3.63) is 23.4 Å². The minimum atomic E-state index is 0.534. The van der Waals surface area contributed by atoms with Gasteiger partial charge in [-0.3, -0.25) is 0 Å². The zero-order valence-electron chi connectivity index (χ0n) is 10.5. The molecule has 0 amide bonds. The first-order valence-corrected chi connectivity index (χ1v) is 5.64. The van der Waals surface area contributed by atoms with Crippen LogP contribution in [0.15, 0.2) is 12.1 Å². The number of nitrogen functional groups attached to an aromatic ring is 1. The molecule has 0 atom stereocenters. The summed E-state index contributed by atoms with van der Waals surface area (Å²) in [5, 5.41) is 1.05. The van der Waals surface area contributed by atoms with E-state index in [9.17, 15) is 0 Å². The molecule has 0 saturated heterocycles. The number of hydrogen-bond donors (Lipinski definition) is 2. The lowest BCUT2D eigenvalue weighted by atomic mass is 10.1. The predicted octanol–water partition coefficient (Wildman–Crippen LogP) is 2.39. The Balaban J connectivity index is 2.44. The molecule has 1 aromatic heterocycles. The van der Waals surface area contributed by atoms with Gasteiger partial charge < -0.3 is 20.2 Å². The Morgan fingerprint density at radius 2 is 2.00 bits per heavy atom. The van der Waals surface area contributed by atoms with Crippen LogP contribution in [0.2, 0.25) is 0 Å². The maximum atomic E-state index is 5.99. The van der Waals surface area contributed by atoms with E-state index in [-0.39, 0.29) is 0 Å². The molecule has 4 nitrogen and oxygen atoms in total. The minimum Gasteiger partial charge on any atom is -0.489 e. The number of rotatable bonds is 4. The third-order valence-corrected chi connectivity index (χ3v) is 2.99. The van der Waals surface area contributed by atoms with E-state index in [4.69, 9.17) is 15.2 Å². The van der Waals surface area contributed by atoms with Crippen molar-refractivity contribution >= 4 is 16.6 Å². The van der Waals surface area contributed by atoms with Gasteiger partial charge in [-0.15, -0.1) is 0 Å². The fourth-order valence-electron chi connectivity index (χ4n) is 1.95. The molecule has 0 spiro atoms. The number of hydrogen-bond acceptors (Lipinski definition) is 3. The number of nitrogens with one attached hydrogen (secondary N) is 1.